The summed E-state index contributed by atoms with van der Waals surface area (Å²) in [6.45, 7) is 13.6. The Morgan fingerprint density at radius 2 is 0.906 bits per heavy atom. The predicted molar refractivity (Wildman–Crippen MR) is 136 cm³/mol. The van der Waals surface area contributed by atoms with E-state index in [0.29, 0.717) is 0 Å². The van der Waals surface area contributed by atoms with Crippen LogP contribution in [0.4, 0.5) is 0 Å². The number of rotatable bonds is 12. The van der Waals surface area contributed by atoms with Crippen molar-refractivity contribution in [3.05, 3.63) is 58.7 Å². The second-order valence-electron chi connectivity index (χ2n) is 8.67. The second-order valence-corrected chi connectivity index (χ2v) is 18.0. The van der Waals surface area contributed by atoms with Crippen molar-refractivity contribution in [2.45, 2.75) is 118 Å². The largest absolute Gasteiger partial charge is 1.00 e. The Labute approximate surface area is 228 Å². The minimum atomic E-state index is 0. The minimum absolute atomic E-state index is 0. The first-order valence-electron chi connectivity index (χ1n) is 12.5. The van der Waals surface area contributed by atoms with Gasteiger partial charge in [0.05, 0.1) is 0 Å². The molecular weight excluding hydrogens is 527 g/mol. The summed E-state index contributed by atoms with van der Waals surface area (Å²) in [4.78, 5) is 0. The van der Waals surface area contributed by atoms with E-state index in [-0.39, 0.29) is 30.2 Å². The number of aryl methyl sites for hydroxylation is 4. The number of hydrogen-bond donors (Lipinski definition) is 0. The Bertz CT molecular complexity index is 546. The molecule has 0 N–H and O–H groups in total. The van der Waals surface area contributed by atoms with Gasteiger partial charge in [-0.3, -0.25) is 0 Å². The molecule has 0 atom stereocenters. The molecule has 0 aliphatic heterocycles. The molecule has 0 nitrogen and oxygen atoms in total. The van der Waals surface area contributed by atoms with E-state index in [9.17, 15) is 0 Å². The molecule has 4 heteroatoms. The van der Waals surface area contributed by atoms with Crippen molar-refractivity contribution in [3.63, 3.8) is 0 Å². The van der Waals surface area contributed by atoms with Crippen molar-refractivity contribution in [2.24, 2.45) is 0 Å². The molecule has 0 amide bonds. The van der Waals surface area contributed by atoms with Gasteiger partial charge in [0.1, 0.15) is 0 Å². The van der Waals surface area contributed by atoms with Crippen molar-refractivity contribution in [2.75, 3.05) is 0 Å². The molecule has 0 radical (unpaired) electrons. The van der Waals surface area contributed by atoms with E-state index in [2.05, 4.69) is 77.2 Å². The molecule has 184 valence electrons. The summed E-state index contributed by atoms with van der Waals surface area (Å²) in [7, 11) is 0. The van der Waals surface area contributed by atoms with Crippen molar-refractivity contribution >= 4 is 5.43 Å². The van der Waals surface area contributed by atoms with Crippen LogP contribution in [0.15, 0.2) is 36.4 Å². The van der Waals surface area contributed by atoms with Crippen LogP contribution in [0.1, 0.15) is 101 Å². The van der Waals surface area contributed by atoms with Crippen LogP contribution >= 0.6 is 0 Å². The number of halogens is 2. The molecule has 0 aliphatic rings. The average molecular weight is 575 g/mol. The van der Waals surface area contributed by atoms with Gasteiger partial charge in [-0.15, -0.1) is 0 Å². The van der Waals surface area contributed by atoms with E-state index in [1.165, 1.54) is 99.3 Å². The molecule has 0 saturated carbocycles. The van der Waals surface area contributed by atoms with E-state index >= 15 is 0 Å². The van der Waals surface area contributed by atoms with E-state index in [1.807, 2.05) is 0 Å². The van der Waals surface area contributed by atoms with Gasteiger partial charge in [0.25, 0.3) is 0 Å². The third kappa shape index (κ3) is 22.2. The van der Waals surface area contributed by atoms with E-state index in [0.717, 1.165) is 0 Å². The van der Waals surface area contributed by atoms with Crippen molar-refractivity contribution in [3.8, 4) is 0 Å². The maximum absolute atomic E-state index is 2.38. The fraction of sp³-hybridized carbons (Fsp3) is 0.643. The molecule has 32 heavy (non-hydrogen) atoms. The normalized spacial score (nSPS) is 9.50. The first-order valence-corrected chi connectivity index (χ1v) is 18.7. The molecule has 0 fully saturated rings. The van der Waals surface area contributed by atoms with Gasteiger partial charge in [-0.1, -0.05) is 105 Å². The Morgan fingerprint density at radius 1 is 0.625 bits per heavy atom. The Hall–Kier alpha value is 0.380. The van der Waals surface area contributed by atoms with Crippen molar-refractivity contribution in [1.82, 2.24) is 0 Å². The third-order valence-electron chi connectivity index (χ3n) is 5.04. The van der Waals surface area contributed by atoms with E-state index < -0.39 is 0 Å². The average Bonchev–Trinajstić information content (AvgIpc) is 3.37. The Kier molecular flexibility index (Phi) is 30.0. The zero-order valence-electron chi connectivity index (χ0n) is 21.7. The Morgan fingerprint density at radius 3 is 1.19 bits per heavy atom. The van der Waals surface area contributed by atoms with Crippen LogP contribution < -0.4 is 24.8 Å². The summed E-state index contributed by atoms with van der Waals surface area (Å²) >= 11 is 1.74. The molecule has 0 aromatic heterocycles. The maximum Gasteiger partial charge on any atom is -1.00 e. The quantitative estimate of drug-likeness (QED) is 0.270. The number of hydrogen-bond acceptors (Lipinski definition) is 0. The summed E-state index contributed by atoms with van der Waals surface area (Å²) in [6, 6.07) is 13.9. The van der Waals surface area contributed by atoms with Crippen LogP contribution in [-0.4, -0.2) is 5.43 Å². The molecule has 0 aliphatic carbocycles. The van der Waals surface area contributed by atoms with Gasteiger partial charge in [-0.25, -0.2) is 12.1 Å². The van der Waals surface area contributed by atoms with Crippen molar-refractivity contribution in [1.29, 1.82) is 0 Å². The molecular formula is C28H48Cl2SiZr-2. The standard InChI is InChI=1S/2C13H21.C2H6Si.2ClH.Zr/c2*1-3-5-7-12-9-10-13(11-12)8-6-4-2;1-3-2;;;/h2*9-11H,3-8H2,1-2H3;1-2H3;2*1H;/q2*-1;;;;+2/p-2. The van der Waals surface area contributed by atoms with Gasteiger partial charge < -0.3 is 24.8 Å². The molecule has 0 heterocycles. The minimum Gasteiger partial charge on any atom is -1.00 e. The SMILES string of the molecule is CCCCc1c[cH-]c(CCCC)c1.CCCCc1c[cH-]c(CCCC)c1.C[Si](C)=[Zr+2].[Cl-].[Cl-]. The molecule has 0 unspecified atom stereocenters. The zero-order valence-corrected chi connectivity index (χ0v) is 26.7. The predicted octanol–water partition coefficient (Wildman–Crippen LogP) is 2.97. The van der Waals surface area contributed by atoms with Crippen molar-refractivity contribution < 1.29 is 48.1 Å². The molecule has 2 aromatic rings. The second kappa shape index (κ2) is 26.0. The van der Waals surface area contributed by atoms with Gasteiger partial charge in [0.2, 0.25) is 0 Å². The van der Waals surface area contributed by atoms with Gasteiger partial charge in [-0.05, 0) is 0 Å². The summed E-state index contributed by atoms with van der Waals surface area (Å²) < 4.78 is 0. The summed E-state index contributed by atoms with van der Waals surface area (Å²) in [6.07, 6.45) is 15.6. The fourth-order valence-corrected chi connectivity index (χ4v) is 3.24. The first kappa shape index (κ1) is 36.9. The van der Waals surface area contributed by atoms with Crippen LogP contribution in [0.3, 0.4) is 0 Å². The Balaban J connectivity index is -0.000000428. The van der Waals surface area contributed by atoms with E-state index in [1.54, 1.807) is 23.3 Å². The fourth-order valence-electron chi connectivity index (χ4n) is 3.24. The van der Waals surface area contributed by atoms with Crippen LogP contribution in [0.5, 0.6) is 0 Å². The molecule has 2 rings (SSSR count). The summed E-state index contributed by atoms with van der Waals surface area (Å²) in [5.41, 5.74) is 6.35. The van der Waals surface area contributed by atoms with Gasteiger partial charge in [0.15, 0.2) is 0 Å². The van der Waals surface area contributed by atoms with Crippen LogP contribution in [-0.2, 0) is 49.0 Å². The smallest absolute Gasteiger partial charge is 1.00 e. The monoisotopic (exact) mass is 572 g/mol. The molecule has 0 saturated heterocycles. The molecule has 0 bridgehead atoms. The van der Waals surface area contributed by atoms with Gasteiger partial charge in [-0.2, -0.15) is 46.5 Å². The van der Waals surface area contributed by atoms with Crippen LogP contribution in [0, 0.1) is 0 Å². The van der Waals surface area contributed by atoms with Gasteiger partial charge >= 0.3 is 41.9 Å². The van der Waals surface area contributed by atoms with Crippen LogP contribution in [0.2, 0.25) is 13.1 Å². The first-order chi connectivity index (χ1) is 14.5. The summed E-state index contributed by atoms with van der Waals surface area (Å²) in [5.74, 6) is 0. The molecule has 0 spiro atoms. The topological polar surface area (TPSA) is 0 Å². The van der Waals surface area contributed by atoms with E-state index in [4.69, 9.17) is 0 Å². The molecule has 2 aromatic carbocycles. The zero-order chi connectivity index (χ0) is 22.6. The number of unbranched alkanes of at least 4 members (excludes halogenated alkanes) is 4. The van der Waals surface area contributed by atoms with Gasteiger partial charge in [0, 0.05) is 0 Å². The van der Waals surface area contributed by atoms with Crippen LogP contribution in [0.25, 0.3) is 0 Å². The maximum atomic E-state index is 2.38. The third-order valence-corrected chi connectivity index (χ3v) is 5.04. The summed E-state index contributed by atoms with van der Waals surface area (Å²) in [5, 5.41) is 0.